The van der Waals surface area contributed by atoms with Gasteiger partial charge < -0.3 is 19.0 Å². The van der Waals surface area contributed by atoms with E-state index in [0.29, 0.717) is 25.4 Å². The number of ether oxygens (including phenoxy) is 1. The fourth-order valence-corrected chi connectivity index (χ4v) is 3.27. The molecule has 1 unspecified atom stereocenters. The first kappa shape index (κ1) is 15.9. The number of amides is 2. The number of nitrogens with zero attached hydrogens (tertiary/aromatic N) is 2. The molecule has 0 aromatic carbocycles. The second kappa shape index (κ2) is 6.26. The van der Waals surface area contributed by atoms with Gasteiger partial charge in [0.1, 0.15) is 11.9 Å². The molecule has 6 heteroatoms. The summed E-state index contributed by atoms with van der Waals surface area (Å²) in [6.07, 6.45) is 2.22. The van der Waals surface area contributed by atoms with Crippen LogP contribution in [0.25, 0.3) is 0 Å². The van der Waals surface area contributed by atoms with E-state index in [9.17, 15) is 9.59 Å². The molecule has 2 aliphatic heterocycles. The third-order valence-corrected chi connectivity index (χ3v) is 4.93. The van der Waals surface area contributed by atoms with Crippen molar-refractivity contribution in [3.05, 3.63) is 23.2 Å². The van der Waals surface area contributed by atoms with E-state index in [4.69, 9.17) is 9.15 Å². The van der Waals surface area contributed by atoms with Crippen molar-refractivity contribution in [3.63, 3.8) is 0 Å². The number of carbonyl (C=O) groups excluding carboxylic acids is 2. The van der Waals surface area contributed by atoms with Crippen LogP contribution in [-0.4, -0.2) is 53.6 Å². The molecule has 0 radical (unpaired) electrons. The van der Waals surface area contributed by atoms with Crippen molar-refractivity contribution < 1.29 is 18.7 Å². The molecule has 3 heterocycles. The first-order valence-corrected chi connectivity index (χ1v) is 8.33. The minimum Gasteiger partial charge on any atom is -0.456 e. The van der Waals surface area contributed by atoms with Crippen molar-refractivity contribution >= 4 is 12.0 Å². The topological polar surface area (TPSA) is 63.0 Å². The molecule has 6 nitrogen and oxygen atoms in total. The lowest BCUT2D eigenvalue weighted by Crippen LogP contribution is -2.47. The van der Waals surface area contributed by atoms with E-state index in [1.54, 1.807) is 6.07 Å². The van der Waals surface area contributed by atoms with Gasteiger partial charge in [-0.3, -0.25) is 4.79 Å². The molecule has 2 fully saturated rings. The predicted octanol–water partition coefficient (Wildman–Crippen LogP) is 2.73. The molecule has 1 aromatic rings. The molecule has 2 saturated heterocycles. The fourth-order valence-electron chi connectivity index (χ4n) is 3.27. The third kappa shape index (κ3) is 3.07. The summed E-state index contributed by atoms with van der Waals surface area (Å²) in [5.74, 6) is 1.13. The molecule has 0 bridgehead atoms. The van der Waals surface area contributed by atoms with Crippen molar-refractivity contribution in [2.75, 3.05) is 19.6 Å². The number of hydrogen-bond acceptors (Lipinski definition) is 4. The quantitative estimate of drug-likeness (QED) is 0.859. The van der Waals surface area contributed by atoms with Crippen LogP contribution in [-0.2, 0) is 4.74 Å². The van der Waals surface area contributed by atoms with Crippen LogP contribution in [0.5, 0.6) is 0 Å². The number of likely N-dealkylation sites (tertiary alicyclic amines) is 1. The molecular weight excluding hydrogens is 296 g/mol. The summed E-state index contributed by atoms with van der Waals surface area (Å²) in [5, 5.41) is 0. The lowest BCUT2D eigenvalue weighted by atomic mass is 10.0. The van der Waals surface area contributed by atoms with E-state index in [1.807, 2.05) is 30.6 Å². The zero-order chi connectivity index (χ0) is 16.6. The van der Waals surface area contributed by atoms with Crippen molar-refractivity contribution in [1.29, 1.82) is 0 Å². The SMILES string of the molecule is CCC1CN(C2CCN(C(=O)c3cc(C)c(C)o3)CC2)C(=O)O1. The van der Waals surface area contributed by atoms with Crippen molar-refractivity contribution in [2.45, 2.75) is 52.2 Å². The number of rotatable bonds is 3. The summed E-state index contributed by atoms with van der Waals surface area (Å²) < 4.78 is 10.9. The van der Waals surface area contributed by atoms with Crippen LogP contribution in [0.2, 0.25) is 0 Å². The fraction of sp³-hybridized carbons (Fsp3) is 0.647. The highest BCUT2D eigenvalue weighted by atomic mass is 16.6. The smallest absolute Gasteiger partial charge is 0.410 e. The van der Waals surface area contributed by atoms with Crippen LogP contribution in [0.1, 0.15) is 48.1 Å². The molecule has 2 aliphatic rings. The maximum Gasteiger partial charge on any atom is 0.410 e. The highest BCUT2D eigenvalue weighted by Gasteiger charge is 2.37. The summed E-state index contributed by atoms with van der Waals surface area (Å²) >= 11 is 0. The summed E-state index contributed by atoms with van der Waals surface area (Å²) in [5.41, 5.74) is 0.994. The predicted molar refractivity (Wildman–Crippen MR) is 84.4 cm³/mol. The van der Waals surface area contributed by atoms with Gasteiger partial charge in [-0.25, -0.2) is 4.79 Å². The molecule has 1 atom stereocenters. The lowest BCUT2D eigenvalue weighted by Gasteiger charge is -2.35. The number of piperidine rings is 1. The van der Waals surface area contributed by atoms with Gasteiger partial charge in [0.2, 0.25) is 0 Å². The largest absolute Gasteiger partial charge is 0.456 e. The van der Waals surface area contributed by atoms with E-state index in [1.165, 1.54) is 0 Å². The minimum absolute atomic E-state index is 0.0104. The first-order valence-electron chi connectivity index (χ1n) is 8.33. The molecule has 2 amide bonds. The molecule has 126 valence electrons. The Labute approximate surface area is 136 Å². The molecule has 1 aromatic heterocycles. The van der Waals surface area contributed by atoms with E-state index >= 15 is 0 Å². The van der Waals surface area contributed by atoms with Crippen LogP contribution < -0.4 is 0 Å². The summed E-state index contributed by atoms with van der Waals surface area (Å²) in [7, 11) is 0. The number of furan rings is 1. The van der Waals surface area contributed by atoms with Crippen LogP contribution in [0, 0.1) is 13.8 Å². The number of hydrogen-bond donors (Lipinski definition) is 0. The van der Waals surface area contributed by atoms with Gasteiger partial charge in [0, 0.05) is 19.1 Å². The van der Waals surface area contributed by atoms with Gasteiger partial charge in [-0.2, -0.15) is 0 Å². The first-order chi connectivity index (χ1) is 11.0. The Morgan fingerprint density at radius 3 is 2.52 bits per heavy atom. The normalized spacial score (nSPS) is 22.6. The minimum atomic E-state index is -0.209. The van der Waals surface area contributed by atoms with Gasteiger partial charge in [-0.15, -0.1) is 0 Å². The number of cyclic esters (lactones) is 1. The van der Waals surface area contributed by atoms with E-state index in [-0.39, 0.29) is 24.1 Å². The van der Waals surface area contributed by atoms with Gasteiger partial charge >= 0.3 is 6.09 Å². The highest BCUT2D eigenvalue weighted by Crippen LogP contribution is 2.25. The van der Waals surface area contributed by atoms with E-state index in [0.717, 1.165) is 30.6 Å². The van der Waals surface area contributed by atoms with Gasteiger partial charge in [0.05, 0.1) is 6.54 Å². The molecular formula is C17H24N2O4. The Hall–Kier alpha value is -1.98. The van der Waals surface area contributed by atoms with Gasteiger partial charge in [0.25, 0.3) is 5.91 Å². The summed E-state index contributed by atoms with van der Waals surface area (Å²) in [4.78, 5) is 28.1. The van der Waals surface area contributed by atoms with Gasteiger partial charge in [-0.1, -0.05) is 6.92 Å². The monoisotopic (exact) mass is 320 g/mol. The Morgan fingerprint density at radius 1 is 1.30 bits per heavy atom. The molecule has 0 aliphatic carbocycles. The maximum absolute atomic E-state index is 12.5. The molecule has 3 rings (SSSR count). The zero-order valence-corrected chi connectivity index (χ0v) is 14.0. The lowest BCUT2D eigenvalue weighted by molar-refractivity contribution is 0.0626. The molecule has 23 heavy (non-hydrogen) atoms. The second-order valence-electron chi connectivity index (χ2n) is 6.44. The average Bonchev–Trinajstić information content (AvgIpc) is 3.09. The van der Waals surface area contributed by atoms with Crippen molar-refractivity contribution in [2.24, 2.45) is 0 Å². The van der Waals surface area contributed by atoms with Crippen LogP contribution in [0.15, 0.2) is 10.5 Å². The maximum atomic E-state index is 12.5. The Bertz CT molecular complexity index is 582. The Morgan fingerprint density at radius 2 is 2.00 bits per heavy atom. The van der Waals surface area contributed by atoms with Crippen molar-refractivity contribution in [3.8, 4) is 0 Å². The van der Waals surface area contributed by atoms with Gasteiger partial charge in [0.15, 0.2) is 5.76 Å². The summed E-state index contributed by atoms with van der Waals surface area (Å²) in [6.45, 7) is 7.78. The average molecular weight is 320 g/mol. The van der Waals surface area contributed by atoms with E-state index in [2.05, 4.69) is 0 Å². The number of carbonyl (C=O) groups is 2. The van der Waals surface area contributed by atoms with Gasteiger partial charge in [-0.05, 0) is 44.7 Å². The Balaban J connectivity index is 1.58. The highest BCUT2D eigenvalue weighted by molar-refractivity contribution is 5.91. The standard InChI is InChI=1S/C17H24N2O4/c1-4-14-10-19(17(21)23-14)13-5-7-18(8-6-13)16(20)15-9-11(2)12(3)22-15/h9,13-14H,4-8,10H2,1-3H3. The second-order valence-corrected chi connectivity index (χ2v) is 6.44. The molecule has 0 spiro atoms. The Kier molecular flexibility index (Phi) is 4.33. The van der Waals surface area contributed by atoms with Crippen LogP contribution in [0.4, 0.5) is 4.79 Å². The van der Waals surface area contributed by atoms with Crippen LogP contribution in [0.3, 0.4) is 0 Å². The number of aryl methyl sites for hydroxylation is 2. The van der Waals surface area contributed by atoms with Crippen LogP contribution >= 0.6 is 0 Å². The molecule has 0 N–H and O–H groups in total. The summed E-state index contributed by atoms with van der Waals surface area (Å²) in [6, 6.07) is 1.97. The van der Waals surface area contributed by atoms with Crippen molar-refractivity contribution in [1.82, 2.24) is 9.80 Å². The third-order valence-electron chi connectivity index (χ3n) is 4.93. The molecule has 0 saturated carbocycles. The zero-order valence-electron chi connectivity index (χ0n) is 14.0. The van der Waals surface area contributed by atoms with E-state index < -0.39 is 0 Å².